The van der Waals surface area contributed by atoms with Crippen LogP contribution in [0.3, 0.4) is 0 Å². The van der Waals surface area contributed by atoms with Crippen molar-refractivity contribution in [1.82, 2.24) is 14.9 Å². The maximum atomic E-state index is 11.8. The minimum absolute atomic E-state index is 0.0778. The Morgan fingerprint density at radius 2 is 2.38 bits per heavy atom. The summed E-state index contributed by atoms with van der Waals surface area (Å²) >= 11 is 0. The maximum Gasteiger partial charge on any atom is 0.226 e. The largest absolute Gasteiger partial charge is 0.388 e. The second-order valence-corrected chi connectivity index (χ2v) is 5.57. The highest BCUT2D eigenvalue weighted by atomic mass is 16.3. The average Bonchev–Trinajstić information content (AvgIpc) is 2.46. The fraction of sp³-hybridized carbons (Fsp3) is 0.571. The minimum Gasteiger partial charge on any atom is -0.388 e. The van der Waals surface area contributed by atoms with E-state index in [2.05, 4.69) is 9.97 Å². The zero-order valence-electron chi connectivity index (χ0n) is 12.3. The van der Waals surface area contributed by atoms with Gasteiger partial charge in [-0.15, -0.1) is 0 Å². The number of anilines is 1. The lowest BCUT2D eigenvalue weighted by atomic mass is 9.89. The summed E-state index contributed by atoms with van der Waals surface area (Å²) in [5, 5.41) is 19.5. The molecule has 1 aliphatic rings. The first-order valence-electron chi connectivity index (χ1n) is 6.84. The van der Waals surface area contributed by atoms with Crippen LogP contribution < -0.4 is 4.90 Å². The molecule has 0 spiro atoms. The van der Waals surface area contributed by atoms with Crippen LogP contribution in [0.4, 0.5) is 5.95 Å². The summed E-state index contributed by atoms with van der Waals surface area (Å²) in [6, 6.07) is 3.51. The molecule has 1 amide bonds. The third-order valence-corrected chi connectivity index (χ3v) is 3.57. The number of aromatic nitrogens is 2. The molecule has 1 atom stereocenters. The van der Waals surface area contributed by atoms with Crippen LogP contribution >= 0.6 is 0 Å². The van der Waals surface area contributed by atoms with Crippen LogP contribution in [0.25, 0.3) is 0 Å². The summed E-state index contributed by atoms with van der Waals surface area (Å²) in [6.45, 7) is 0.995. The van der Waals surface area contributed by atoms with Gasteiger partial charge < -0.3 is 14.9 Å². The molecule has 21 heavy (non-hydrogen) atoms. The van der Waals surface area contributed by atoms with Crippen molar-refractivity contribution in [2.24, 2.45) is 0 Å². The lowest BCUT2D eigenvalue weighted by Gasteiger charge is -2.39. The SMILES string of the molecule is CN(C)C(=O)CC1(O)CCCN(c2nccc(C#N)n2)C1. The number of β-amino-alcohol motifs (C(OH)–C–C–N with tert-alkyl or cyclic N) is 1. The summed E-state index contributed by atoms with van der Waals surface area (Å²) in [7, 11) is 3.34. The van der Waals surface area contributed by atoms with Gasteiger partial charge in [-0.1, -0.05) is 0 Å². The van der Waals surface area contributed by atoms with E-state index in [9.17, 15) is 9.90 Å². The van der Waals surface area contributed by atoms with Crippen molar-refractivity contribution in [1.29, 1.82) is 5.26 Å². The summed E-state index contributed by atoms with van der Waals surface area (Å²) in [5.41, 5.74) is -0.788. The first-order valence-corrected chi connectivity index (χ1v) is 6.84. The number of hydrogen-bond acceptors (Lipinski definition) is 6. The van der Waals surface area contributed by atoms with Gasteiger partial charge in [0.15, 0.2) is 0 Å². The molecule has 1 aromatic heterocycles. The van der Waals surface area contributed by atoms with Crippen molar-refractivity contribution >= 4 is 11.9 Å². The smallest absolute Gasteiger partial charge is 0.226 e. The van der Waals surface area contributed by atoms with Crippen LogP contribution in [-0.2, 0) is 4.79 Å². The Balaban J connectivity index is 2.13. The van der Waals surface area contributed by atoms with Gasteiger partial charge in [-0.2, -0.15) is 5.26 Å². The Morgan fingerprint density at radius 1 is 1.62 bits per heavy atom. The van der Waals surface area contributed by atoms with E-state index >= 15 is 0 Å². The number of hydrogen-bond donors (Lipinski definition) is 1. The number of nitriles is 1. The number of carbonyl (C=O) groups is 1. The first kappa shape index (κ1) is 15.2. The quantitative estimate of drug-likeness (QED) is 0.852. The lowest BCUT2D eigenvalue weighted by molar-refractivity contribution is -0.134. The van der Waals surface area contributed by atoms with Crippen LogP contribution in [-0.4, -0.2) is 58.7 Å². The van der Waals surface area contributed by atoms with Crippen molar-refractivity contribution < 1.29 is 9.90 Å². The molecule has 1 unspecified atom stereocenters. The molecule has 2 heterocycles. The Hall–Kier alpha value is -2.20. The Bertz CT molecular complexity index is 569. The molecular formula is C14H19N5O2. The zero-order valence-corrected chi connectivity index (χ0v) is 12.3. The van der Waals surface area contributed by atoms with Gasteiger partial charge in [-0.05, 0) is 18.9 Å². The number of nitrogens with zero attached hydrogens (tertiary/aromatic N) is 5. The number of piperidine rings is 1. The van der Waals surface area contributed by atoms with Crippen LogP contribution in [0.5, 0.6) is 0 Å². The van der Waals surface area contributed by atoms with E-state index in [0.29, 0.717) is 31.2 Å². The molecule has 7 heteroatoms. The summed E-state index contributed by atoms with van der Waals surface area (Å²) in [4.78, 5) is 23.4. The van der Waals surface area contributed by atoms with Gasteiger partial charge in [0.2, 0.25) is 11.9 Å². The number of aliphatic hydroxyl groups is 1. The number of rotatable bonds is 3. The van der Waals surface area contributed by atoms with E-state index in [1.54, 1.807) is 14.1 Å². The maximum absolute atomic E-state index is 11.8. The fourth-order valence-electron chi connectivity index (χ4n) is 2.43. The van der Waals surface area contributed by atoms with Gasteiger partial charge in [0.05, 0.1) is 18.6 Å². The van der Waals surface area contributed by atoms with Gasteiger partial charge >= 0.3 is 0 Å². The Morgan fingerprint density at radius 3 is 3.05 bits per heavy atom. The van der Waals surface area contributed by atoms with E-state index in [-0.39, 0.29) is 12.3 Å². The standard InChI is InChI=1S/C14H19N5O2/c1-18(2)12(20)8-14(21)5-3-7-19(10-14)13-16-6-4-11(9-15)17-13/h4,6,21H,3,5,7-8,10H2,1-2H3. The van der Waals surface area contributed by atoms with E-state index in [1.165, 1.54) is 17.2 Å². The van der Waals surface area contributed by atoms with Crippen molar-refractivity contribution in [3.8, 4) is 6.07 Å². The predicted molar refractivity (Wildman–Crippen MR) is 76.5 cm³/mol. The number of amides is 1. The van der Waals surface area contributed by atoms with Crippen molar-refractivity contribution in [2.45, 2.75) is 24.9 Å². The zero-order chi connectivity index (χ0) is 15.5. The minimum atomic E-state index is -1.08. The van der Waals surface area contributed by atoms with E-state index in [4.69, 9.17) is 5.26 Å². The predicted octanol–water partition coefficient (Wildman–Crippen LogP) is 0.158. The van der Waals surface area contributed by atoms with Crippen LogP contribution in [0, 0.1) is 11.3 Å². The molecule has 1 saturated heterocycles. The topological polar surface area (TPSA) is 93.4 Å². The van der Waals surface area contributed by atoms with Gasteiger partial charge in [-0.3, -0.25) is 4.79 Å². The Kier molecular flexibility index (Phi) is 4.38. The third kappa shape index (κ3) is 3.67. The molecule has 112 valence electrons. The summed E-state index contributed by atoms with van der Waals surface area (Å²) in [5.74, 6) is 0.315. The molecular weight excluding hydrogens is 270 g/mol. The highest BCUT2D eigenvalue weighted by molar-refractivity contribution is 5.76. The van der Waals surface area contributed by atoms with Crippen LogP contribution in [0.1, 0.15) is 25.0 Å². The summed E-state index contributed by atoms with van der Waals surface area (Å²) in [6.07, 6.45) is 2.92. The van der Waals surface area contributed by atoms with Gasteiger partial charge in [-0.25, -0.2) is 9.97 Å². The molecule has 1 aromatic rings. The van der Waals surface area contributed by atoms with Crippen molar-refractivity contribution in [3.05, 3.63) is 18.0 Å². The second-order valence-electron chi connectivity index (χ2n) is 5.57. The van der Waals surface area contributed by atoms with Gasteiger partial charge in [0.25, 0.3) is 0 Å². The molecule has 2 rings (SSSR count). The second kappa shape index (κ2) is 6.06. The van der Waals surface area contributed by atoms with Crippen molar-refractivity contribution in [3.63, 3.8) is 0 Å². The van der Waals surface area contributed by atoms with Gasteiger partial charge in [0, 0.05) is 26.8 Å². The molecule has 0 aromatic carbocycles. The normalized spacial score (nSPS) is 21.7. The van der Waals surface area contributed by atoms with Gasteiger partial charge in [0.1, 0.15) is 11.8 Å². The highest BCUT2D eigenvalue weighted by Gasteiger charge is 2.36. The number of carbonyl (C=O) groups excluding carboxylic acids is 1. The molecule has 1 fully saturated rings. The van der Waals surface area contributed by atoms with Crippen LogP contribution in [0.2, 0.25) is 0 Å². The molecule has 7 nitrogen and oxygen atoms in total. The molecule has 0 bridgehead atoms. The Labute approximate surface area is 123 Å². The highest BCUT2D eigenvalue weighted by Crippen LogP contribution is 2.27. The average molecular weight is 289 g/mol. The monoisotopic (exact) mass is 289 g/mol. The third-order valence-electron chi connectivity index (χ3n) is 3.57. The summed E-state index contributed by atoms with van der Waals surface area (Å²) < 4.78 is 0. The van der Waals surface area contributed by atoms with E-state index in [0.717, 1.165) is 6.42 Å². The molecule has 1 aliphatic heterocycles. The van der Waals surface area contributed by atoms with E-state index < -0.39 is 5.60 Å². The fourth-order valence-corrected chi connectivity index (χ4v) is 2.43. The van der Waals surface area contributed by atoms with Crippen molar-refractivity contribution in [2.75, 3.05) is 32.1 Å². The van der Waals surface area contributed by atoms with E-state index in [1.807, 2.05) is 11.0 Å². The molecule has 0 saturated carbocycles. The van der Waals surface area contributed by atoms with Crippen LogP contribution in [0.15, 0.2) is 12.3 Å². The molecule has 1 N–H and O–H groups in total. The lowest BCUT2D eigenvalue weighted by Crippen LogP contribution is -2.51. The molecule has 0 aliphatic carbocycles. The molecule has 0 radical (unpaired) electrons. The first-order chi connectivity index (χ1) is 9.93.